The number of piperazine rings is 1. The molecule has 1 atom stereocenters. The molecule has 1 aromatic rings. The summed E-state index contributed by atoms with van der Waals surface area (Å²) in [5.41, 5.74) is 0.826. The Balaban J connectivity index is 0.00000208. The lowest BCUT2D eigenvalue weighted by atomic mass is 10.0. The van der Waals surface area contributed by atoms with Gasteiger partial charge in [-0.25, -0.2) is 9.18 Å². The Morgan fingerprint density at radius 3 is 2.83 bits per heavy atom. The number of nitrogens with one attached hydrogen (secondary N) is 3. The zero-order valence-electron chi connectivity index (χ0n) is 13.3. The van der Waals surface area contributed by atoms with E-state index in [2.05, 4.69) is 16.0 Å². The van der Waals surface area contributed by atoms with Gasteiger partial charge in [0.05, 0.1) is 6.54 Å². The third-order valence-electron chi connectivity index (χ3n) is 4.10. The van der Waals surface area contributed by atoms with E-state index in [1.54, 1.807) is 6.07 Å². The minimum atomic E-state index is -0.435. The van der Waals surface area contributed by atoms with Crippen LogP contribution in [0, 0.1) is 5.82 Å². The molecule has 24 heavy (non-hydrogen) atoms. The second-order valence-corrected chi connectivity index (χ2v) is 6.04. The van der Waals surface area contributed by atoms with Gasteiger partial charge in [-0.05, 0) is 30.5 Å². The molecule has 1 unspecified atom stereocenters. The zero-order valence-corrected chi connectivity index (χ0v) is 14.1. The molecule has 1 saturated heterocycles. The highest BCUT2D eigenvalue weighted by Crippen LogP contribution is 2.22. The standard InChI is InChI=1S/C16H21FN4O2.ClH/c17-12-3-1-2-11(8-12)14-9-18-6-7-21(14)10-15(22)20-16(23)19-13-4-5-13;/h1-3,8,13-14,18H,4-7,9-10H2,(H2,19,20,22,23);1H. The Labute approximate surface area is 146 Å². The summed E-state index contributed by atoms with van der Waals surface area (Å²) in [6.45, 7) is 2.18. The number of carbonyl (C=O) groups is 2. The summed E-state index contributed by atoms with van der Waals surface area (Å²) < 4.78 is 13.4. The van der Waals surface area contributed by atoms with Crippen LogP contribution < -0.4 is 16.0 Å². The Bertz CT molecular complexity index is 597. The van der Waals surface area contributed by atoms with Crippen molar-refractivity contribution in [1.29, 1.82) is 0 Å². The summed E-state index contributed by atoms with van der Waals surface area (Å²) >= 11 is 0. The van der Waals surface area contributed by atoms with Crippen molar-refractivity contribution in [2.45, 2.75) is 24.9 Å². The summed E-state index contributed by atoms with van der Waals surface area (Å²) in [5.74, 6) is -0.632. The van der Waals surface area contributed by atoms with Crippen LogP contribution in [0.2, 0.25) is 0 Å². The van der Waals surface area contributed by atoms with Crippen LogP contribution >= 0.6 is 12.4 Å². The van der Waals surface area contributed by atoms with Gasteiger partial charge < -0.3 is 10.6 Å². The molecule has 0 aromatic heterocycles. The van der Waals surface area contributed by atoms with Gasteiger partial charge >= 0.3 is 6.03 Å². The Kier molecular flexibility index (Phi) is 6.53. The summed E-state index contributed by atoms with van der Waals surface area (Å²) in [6.07, 6.45) is 1.95. The van der Waals surface area contributed by atoms with Crippen LogP contribution in [0.4, 0.5) is 9.18 Å². The van der Waals surface area contributed by atoms with Crippen molar-refractivity contribution in [3.05, 3.63) is 35.6 Å². The van der Waals surface area contributed by atoms with Crippen molar-refractivity contribution in [2.24, 2.45) is 0 Å². The predicted octanol–water partition coefficient (Wildman–Crippen LogP) is 1.18. The number of halogens is 2. The fourth-order valence-electron chi connectivity index (χ4n) is 2.78. The predicted molar refractivity (Wildman–Crippen MR) is 90.5 cm³/mol. The number of benzene rings is 1. The van der Waals surface area contributed by atoms with E-state index in [4.69, 9.17) is 0 Å². The average Bonchev–Trinajstić information content (AvgIpc) is 3.31. The quantitative estimate of drug-likeness (QED) is 0.757. The number of hydrogen-bond donors (Lipinski definition) is 3. The van der Waals surface area contributed by atoms with E-state index in [1.165, 1.54) is 12.1 Å². The van der Waals surface area contributed by atoms with E-state index in [0.717, 1.165) is 24.9 Å². The van der Waals surface area contributed by atoms with E-state index in [-0.39, 0.29) is 42.8 Å². The molecule has 3 rings (SSSR count). The summed E-state index contributed by atoms with van der Waals surface area (Å²) in [7, 11) is 0. The first kappa shape index (κ1) is 18.6. The first-order valence-electron chi connectivity index (χ1n) is 7.92. The molecule has 1 aromatic carbocycles. The van der Waals surface area contributed by atoms with E-state index in [0.29, 0.717) is 13.1 Å². The van der Waals surface area contributed by atoms with Gasteiger partial charge in [-0.3, -0.25) is 15.0 Å². The number of carbonyl (C=O) groups excluding carboxylic acids is 2. The molecule has 2 fully saturated rings. The molecule has 1 aliphatic heterocycles. The number of rotatable bonds is 4. The maximum Gasteiger partial charge on any atom is 0.321 e. The lowest BCUT2D eigenvalue weighted by molar-refractivity contribution is -0.122. The molecule has 132 valence electrons. The van der Waals surface area contributed by atoms with Crippen molar-refractivity contribution in [1.82, 2.24) is 20.9 Å². The number of urea groups is 1. The Morgan fingerprint density at radius 1 is 1.33 bits per heavy atom. The highest BCUT2D eigenvalue weighted by molar-refractivity contribution is 5.95. The number of amides is 3. The molecule has 0 radical (unpaired) electrons. The van der Waals surface area contributed by atoms with Gasteiger partial charge in [0.25, 0.3) is 0 Å². The molecule has 1 heterocycles. The van der Waals surface area contributed by atoms with Gasteiger partial charge in [-0.15, -0.1) is 12.4 Å². The summed E-state index contributed by atoms with van der Waals surface area (Å²) in [4.78, 5) is 25.6. The van der Waals surface area contributed by atoms with Gasteiger partial charge in [-0.2, -0.15) is 0 Å². The van der Waals surface area contributed by atoms with E-state index >= 15 is 0 Å². The van der Waals surface area contributed by atoms with Crippen LogP contribution in [-0.4, -0.2) is 49.1 Å². The van der Waals surface area contributed by atoms with Gasteiger partial charge in [0.15, 0.2) is 0 Å². The smallest absolute Gasteiger partial charge is 0.321 e. The molecule has 0 spiro atoms. The Hall–Kier alpha value is -1.70. The van der Waals surface area contributed by atoms with Crippen LogP contribution in [-0.2, 0) is 4.79 Å². The molecule has 6 nitrogen and oxygen atoms in total. The molecular weight excluding hydrogens is 335 g/mol. The fraction of sp³-hybridized carbons (Fsp3) is 0.500. The third-order valence-corrected chi connectivity index (χ3v) is 4.10. The van der Waals surface area contributed by atoms with Crippen LogP contribution in [0.5, 0.6) is 0 Å². The van der Waals surface area contributed by atoms with Gasteiger partial charge in [0, 0.05) is 31.7 Å². The summed E-state index contributed by atoms with van der Waals surface area (Å²) in [5, 5.41) is 8.33. The molecule has 3 amide bonds. The second-order valence-electron chi connectivity index (χ2n) is 6.04. The normalized spacial score (nSPS) is 20.8. The highest BCUT2D eigenvalue weighted by Gasteiger charge is 2.27. The highest BCUT2D eigenvalue weighted by atomic mass is 35.5. The third kappa shape index (κ3) is 5.15. The number of imide groups is 1. The second kappa shape index (κ2) is 8.41. The largest absolute Gasteiger partial charge is 0.335 e. The Morgan fingerprint density at radius 2 is 2.12 bits per heavy atom. The minimum Gasteiger partial charge on any atom is -0.335 e. The van der Waals surface area contributed by atoms with Crippen LogP contribution in [0.3, 0.4) is 0 Å². The molecule has 3 N–H and O–H groups in total. The van der Waals surface area contributed by atoms with Crippen molar-refractivity contribution in [3.63, 3.8) is 0 Å². The summed E-state index contributed by atoms with van der Waals surface area (Å²) in [6, 6.07) is 6.10. The van der Waals surface area contributed by atoms with Crippen molar-refractivity contribution in [3.8, 4) is 0 Å². The minimum absolute atomic E-state index is 0. The molecule has 8 heteroatoms. The van der Waals surface area contributed by atoms with Crippen LogP contribution in [0.1, 0.15) is 24.4 Å². The van der Waals surface area contributed by atoms with Crippen LogP contribution in [0.25, 0.3) is 0 Å². The molecule has 0 bridgehead atoms. The maximum absolute atomic E-state index is 13.4. The van der Waals surface area contributed by atoms with Gasteiger partial charge in [0.1, 0.15) is 5.82 Å². The van der Waals surface area contributed by atoms with E-state index < -0.39 is 6.03 Å². The SMILES string of the molecule is Cl.O=C(CN1CCNCC1c1cccc(F)c1)NC(=O)NC1CC1. The van der Waals surface area contributed by atoms with Crippen molar-refractivity contribution >= 4 is 24.3 Å². The van der Waals surface area contributed by atoms with Crippen molar-refractivity contribution < 1.29 is 14.0 Å². The first-order valence-corrected chi connectivity index (χ1v) is 7.92. The maximum atomic E-state index is 13.4. The number of nitrogens with zero attached hydrogens (tertiary/aromatic N) is 1. The first-order chi connectivity index (χ1) is 11.1. The molecule has 2 aliphatic rings. The van der Waals surface area contributed by atoms with Gasteiger partial charge in [-0.1, -0.05) is 12.1 Å². The monoisotopic (exact) mass is 356 g/mol. The number of hydrogen-bond acceptors (Lipinski definition) is 4. The average molecular weight is 357 g/mol. The van der Waals surface area contributed by atoms with Crippen molar-refractivity contribution in [2.75, 3.05) is 26.2 Å². The van der Waals surface area contributed by atoms with E-state index in [1.807, 2.05) is 11.0 Å². The lowest BCUT2D eigenvalue weighted by Gasteiger charge is -2.35. The lowest BCUT2D eigenvalue weighted by Crippen LogP contribution is -2.51. The molecule has 1 saturated carbocycles. The zero-order chi connectivity index (χ0) is 16.2. The molecule has 1 aliphatic carbocycles. The van der Waals surface area contributed by atoms with E-state index in [9.17, 15) is 14.0 Å². The molecular formula is C16H22ClFN4O2. The van der Waals surface area contributed by atoms with Gasteiger partial charge in [0.2, 0.25) is 5.91 Å². The van der Waals surface area contributed by atoms with Crippen LogP contribution in [0.15, 0.2) is 24.3 Å². The topological polar surface area (TPSA) is 73.5 Å². The fourth-order valence-corrected chi connectivity index (χ4v) is 2.78.